The van der Waals surface area contributed by atoms with Gasteiger partial charge in [-0.15, -0.1) is 10.2 Å². The van der Waals surface area contributed by atoms with Crippen molar-refractivity contribution in [3.05, 3.63) is 42.2 Å². The standard InChI is InChI=1S/C10H8N6/c1-2-4-8(5-3-1)6-11-9-14-15-10-12-7-13-16(9)10/h1-7H,(H,12,13,15)/b11-6+. The minimum atomic E-state index is 0.483. The first-order chi connectivity index (χ1) is 7.93. The Morgan fingerprint density at radius 3 is 2.94 bits per heavy atom. The normalized spacial score (nSPS) is 11.5. The Hall–Kier alpha value is -2.50. The van der Waals surface area contributed by atoms with Crippen LogP contribution in [0.1, 0.15) is 5.56 Å². The lowest BCUT2D eigenvalue weighted by atomic mass is 10.2. The average molecular weight is 212 g/mol. The lowest BCUT2D eigenvalue weighted by Crippen LogP contribution is -1.84. The summed E-state index contributed by atoms with van der Waals surface area (Å²) in [6, 6.07) is 9.80. The van der Waals surface area contributed by atoms with E-state index in [0.717, 1.165) is 5.56 Å². The van der Waals surface area contributed by atoms with Gasteiger partial charge in [-0.05, 0) is 5.56 Å². The van der Waals surface area contributed by atoms with Crippen LogP contribution in [0.5, 0.6) is 0 Å². The number of aromatic nitrogens is 5. The fourth-order valence-electron chi connectivity index (χ4n) is 1.37. The molecule has 2 aromatic heterocycles. The molecule has 16 heavy (non-hydrogen) atoms. The molecule has 0 atom stereocenters. The van der Waals surface area contributed by atoms with E-state index in [4.69, 9.17) is 0 Å². The highest BCUT2D eigenvalue weighted by molar-refractivity contribution is 5.81. The Labute approximate surface area is 90.7 Å². The molecule has 0 spiro atoms. The summed E-state index contributed by atoms with van der Waals surface area (Å²) in [6.07, 6.45) is 3.28. The number of benzene rings is 1. The van der Waals surface area contributed by atoms with Gasteiger partial charge in [0.05, 0.1) is 0 Å². The van der Waals surface area contributed by atoms with Crippen LogP contribution < -0.4 is 0 Å². The fourth-order valence-corrected chi connectivity index (χ4v) is 1.37. The van der Waals surface area contributed by atoms with Gasteiger partial charge in [-0.2, -0.15) is 9.50 Å². The van der Waals surface area contributed by atoms with Gasteiger partial charge in [0.1, 0.15) is 6.33 Å². The monoisotopic (exact) mass is 212 g/mol. The van der Waals surface area contributed by atoms with Crippen LogP contribution in [0.25, 0.3) is 5.78 Å². The Balaban J connectivity index is 1.96. The summed E-state index contributed by atoms with van der Waals surface area (Å²) in [6.45, 7) is 0. The van der Waals surface area contributed by atoms with Gasteiger partial charge in [0.15, 0.2) is 0 Å². The second-order valence-electron chi connectivity index (χ2n) is 3.19. The molecule has 6 heteroatoms. The molecule has 6 nitrogen and oxygen atoms in total. The van der Waals surface area contributed by atoms with E-state index in [9.17, 15) is 0 Å². The number of hydrogen-bond acceptors (Lipinski definition) is 4. The Bertz CT molecular complexity index is 621. The molecular weight excluding hydrogens is 204 g/mol. The largest absolute Gasteiger partial charge is 0.278 e. The van der Waals surface area contributed by atoms with Gasteiger partial charge in [-0.25, -0.2) is 4.99 Å². The summed E-state index contributed by atoms with van der Waals surface area (Å²) in [4.78, 5) is 8.18. The molecule has 3 rings (SSSR count). The topological polar surface area (TPSA) is 71.2 Å². The Kier molecular flexibility index (Phi) is 1.96. The molecule has 0 unspecified atom stereocenters. The fraction of sp³-hybridized carbons (Fsp3) is 0. The highest BCUT2D eigenvalue weighted by Crippen LogP contribution is 2.07. The number of aromatic amines is 1. The molecule has 0 saturated carbocycles. The molecule has 1 aromatic carbocycles. The predicted molar refractivity (Wildman–Crippen MR) is 58.8 cm³/mol. The summed E-state index contributed by atoms with van der Waals surface area (Å²) in [5.74, 6) is 0.997. The molecule has 0 aliphatic carbocycles. The zero-order valence-electron chi connectivity index (χ0n) is 8.28. The minimum Gasteiger partial charge on any atom is -0.278 e. The first kappa shape index (κ1) is 8.78. The number of H-pyrrole nitrogens is 1. The number of hydrogen-bond donors (Lipinski definition) is 1. The number of aliphatic imine (C=N–C) groups is 1. The van der Waals surface area contributed by atoms with Crippen LogP contribution in [-0.2, 0) is 0 Å². The van der Waals surface area contributed by atoms with Crippen molar-refractivity contribution in [2.45, 2.75) is 0 Å². The van der Waals surface area contributed by atoms with Crippen LogP contribution in [0.4, 0.5) is 5.95 Å². The molecule has 2 heterocycles. The zero-order chi connectivity index (χ0) is 10.8. The van der Waals surface area contributed by atoms with Crippen molar-refractivity contribution in [2.75, 3.05) is 0 Å². The Morgan fingerprint density at radius 1 is 1.19 bits per heavy atom. The molecule has 0 aliphatic rings. The van der Waals surface area contributed by atoms with Crippen molar-refractivity contribution in [3.8, 4) is 0 Å². The third kappa shape index (κ3) is 1.46. The second-order valence-corrected chi connectivity index (χ2v) is 3.19. The highest BCUT2D eigenvalue weighted by atomic mass is 15.4. The third-order valence-corrected chi connectivity index (χ3v) is 2.12. The van der Waals surface area contributed by atoms with Crippen molar-refractivity contribution in [3.63, 3.8) is 0 Å². The third-order valence-electron chi connectivity index (χ3n) is 2.12. The van der Waals surface area contributed by atoms with Crippen molar-refractivity contribution in [1.82, 2.24) is 24.8 Å². The first-order valence-electron chi connectivity index (χ1n) is 4.77. The maximum absolute atomic E-state index is 4.23. The number of fused-ring (bicyclic) bond motifs is 1. The SMILES string of the molecule is C(=N\c1nnc2nc[nH]n12)/c1ccccc1. The summed E-state index contributed by atoms with van der Waals surface area (Å²) < 4.78 is 1.61. The summed E-state index contributed by atoms with van der Waals surface area (Å²) in [5.41, 5.74) is 1.01. The number of rotatable bonds is 2. The van der Waals surface area contributed by atoms with Gasteiger partial charge in [-0.3, -0.25) is 5.10 Å². The van der Waals surface area contributed by atoms with E-state index in [2.05, 4.69) is 25.3 Å². The van der Waals surface area contributed by atoms with E-state index in [1.54, 1.807) is 17.1 Å². The number of nitrogens with zero attached hydrogens (tertiary/aromatic N) is 5. The second kappa shape index (κ2) is 3.58. The van der Waals surface area contributed by atoms with Crippen LogP contribution in [0.2, 0.25) is 0 Å². The quantitative estimate of drug-likeness (QED) is 0.649. The van der Waals surface area contributed by atoms with Crippen molar-refractivity contribution in [1.29, 1.82) is 0 Å². The van der Waals surface area contributed by atoms with Crippen LogP contribution in [-0.4, -0.2) is 31.0 Å². The molecule has 78 valence electrons. The van der Waals surface area contributed by atoms with E-state index in [-0.39, 0.29) is 0 Å². The molecule has 0 fully saturated rings. The molecule has 0 aliphatic heterocycles. The van der Waals surface area contributed by atoms with Crippen LogP contribution in [0.3, 0.4) is 0 Å². The van der Waals surface area contributed by atoms with E-state index in [1.807, 2.05) is 30.3 Å². The lowest BCUT2D eigenvalue weighted by Gasteiger charge is -1.89. The maximum atomic E-state index is 4.23. The van der Waals surface area contributed by atoms with Gasteiger partial charge in [0.25, 0.3) is 11.7 Å². The summed E-state index contributed by atoms with van der Waals surface area (Å²) in [5, 5.41) is 10.6. The molecule has 0 amide bonds. The van der Waals surface area contributed by atoms with E-state index in [0.29, 0.717) is 11.7 Å². The summed E-state index contributed by atoms with van der Waals surface area (Å²) >= 11 is 0. The van der Waals surface area contributed by atoms with Crippen LogP contribution in [0, 0.1) is 0 Å². The van der Waals surface area contributed by atoms with E-state index < -0.39 is 0 Å². The smallest absolute Gasteiger partial charge is 0.273 e. The molecule has 1 N–H and O–H groups in total. The Morgan fingerprint density at radius 2 is 2.06 bits per heavy atom. The summed E-state index contributed by atoms with van der Waals surface area (Å²) in [7, 11) is 0. The maximum Gasteiger partial charge on any atom is 0.273 e. The van der Waals surface area contributed by atoms with Gasteiger partial charge in [0, 0.05) is 6.21 Å². The van der Waals surface area contributed by atoms with Crippen LogP contribution >= 0.6 is 0 Å². The molecule has 0 bridgehead atoms. The predicted octanol–water partition coefficient (Wildman–Crippen LogP) is 1.20. The molecule has 0 saturated heterocycles. The van der Waals surface area contributed by atoms with Crippen molar-refractivity contribution < 1.29 is 0 Å². The minimum absolute atomic E-state index is 0.483. The van der Waals surface area contributed by atoms with E-state index in [1.165, 1.54) is 0 Å². The highest BCUT2D eigenvalue weighted by Gasteiger charge is 2.03. The van der Waals surface area contributed by atoms with Crippen molar-refractivity contribution >= 4 is 17.9 Å². The molecular formula is C10H8N6. The van der Waals surface area contributed by atoms with E-state index >= 15 is 0 Å². The van der Waals surface area contributed by atoms with Gasteiger partial charge >= 0.3 is 0 Å². The molecule has 0 radical (unpaired) electrons. The van der Waals surface area contributed by atoms with Crippen molar-refractivity contribution in [2.24, 2.45) is 4.99 Å². The van der Waals surface area contributed by atoms with Gasteiger partial charge in [0.2, 0.25) is 0 Å². The molecule has 3 aromatic rings. The first-order valence-corrected chi connectivity index (χ1v) is 4.77. The zero-order valence-corrected chi connectivity index (χ0v) is 8.28. The lowest BCUT2D eigenvalue weighted by molar-refractivity contribution is 0.950. The van der Waals surface area contributed by atoms with Gasteiger partial charge < -0.3 is 0 Å². The average Bonchev–Trinajstić information content (AvgIpc) is 2.90. The number of nitrogens with one attached hydrogen (secondary N) is 1. The van der Waals surface area contributed by atoms with Crippen LogP contribution in [0.15, 0.2) is 41.7 Å². The van der Waals surface area contributed by atoms with Gasteiger partial charge in [-0.1, -0.05) is 30.3 Å².